The van der Waals surface area contributed by atoms with E-state index in [0.29, 0.717) is 10.6 Å². The topological polar surface area (TPSA) is 67.4 Å². The number of allylic oxidation sites excluding steroid dienone is 1. The summed E-state index contributed by atoms with van der Waals surface area (Å²) >= 11 is 5.76. The van der Waals surface area contributed by atoms with E-state index >= 15 is 0 Å². The molecule has 26 heavy (non-hydrogen) atoms. The van der Waals surface area contributed by atoms with E-state index in [0.717, 1.165) is 0 Å². The average Bonchev–Trinajstić information content (AvgIpc) is 2.51. The molecule has 0 radical (unpaired) electrons. The maximum atomic E-state index is 13.0. The number of ether oxygens (including phenoxy) is 1. The van der Waals surface area contributed by atoms with Gasteiger partial charge in [0.1, 0.15) is 0 Å². The van der Waals surface area contributed by atoms with E-state index in [-0.39, 0.29) is 11.3 Å². The molecule has 0 saturated heterocycles. The van der Waals surface area contributed by atoms with Crippen molar-refractivity contribution in [3.05, 3.63) is 46.1 Å². The highest BCUT2D eigenvalue weighted by molar-refractivity contribution is 6.30. The summed E-state index contributed by atoms with van der Waals surface area (Å²) in [5.74, 6) is -6.61. The van der Waals surface area contributed by atoms with Crippen LogP contribution in [0.4, 0.5) is 26.7 Å². The lowest BCUT2D eigenvalue weighted by molar-refractivity contribution is -0.293. The lowest BCUT2D eigenvalue weighted by Gasteiger charge is -2.28. The third-order valence-electron chi connectivity index (χ3n) is 3.49. The fourth-order valence-electron chi connectivity index (χ4n) is 2.19. The number of carbonyl (C=O) groups excluding carboxylic acids is 2. The molecular weight excluding hydrogens is 387 g/mol. The first-order valence-electron chi connectivity index (χ1n) is 7.08. The summed E-state index contributed by atoms with van der Waals surface area (Å²) in [6.07, 6.45) is -5.86. The highest BCUT2D eigenvalue weighted by Crippen LogP contribution is 2.36. The van der Waals surface area contributed by atoms with E-state index < -0.39 is 36.7 Å². The van der Waals surface area contributed by atoms with Gasteiger partial charge >= 0.3 is 24.1 Å². The first-order valence-corrected chi connectivity index (χ1v) is 7.45. The van der Waals surface area contributed by atoms with Gasteiger partial charge in [-0.3, -0.25) is 0 Å². The molecule has 11 heteroatoms. The Morgan fingerprint density at radius 2 is 1.77 bits per heavy atom. The van der Waals surface area contributed by atoms with Crippen LogP contribution in [0.25, 0.3) is 0 Å². The molecule has 1 atom stereocenters. The van der Waals surface area contributed by atoms with Gasteiger partial charge in [0.05, 0.1) is 11.6 Å². The number of carbonyl (C=O) groups is 2. The molecule has 0 fully saturated rings. The normalized spacial score (nSPS) is 18.3. The fraction of sp³-hybridized carbons (Fsp3) is 0.333. The zero-order chi connectivity index (χ0) is 19.7. The second-order valence-electron chi connectivity index (χ2n) is 5.40. The predicted octanol–water partition coefficient (Wildman–Crippen LogP) is 3.71. The van der Waals surface area contributed by atoms with Gasteiger partial charge in [0.25, 0.3) is 0 Å². The molecule has 0 bridgehead atoms. The van der Waals surface area contributed by atoms with Gasteiger partial charge in [0, 0.05) is 10.7 Å². The Morgan fingerprint density at radius 3 is 2.31 bits per heavy atom. The molecule has 2 rings (SSSR count). The van der Waals surface area contributed by atoms with Crippen LogP contribution in [0.2, 0.25) is 5.02 Å². The molecule has 0 aromatic heterocycles. The van der Waals surface area contributed by atoms with Gasteiger partial charge in [-0.05, 0) is 24.6 Å². The first kappa shape index (κ1) is 20.0. The van der Waals surface area contributed by atoms with Crippen molar-refractivity contribution in [1.29, 1.82) is 0 Å². The van der Waals surface area contributed by atoms with Crippen LogP contribution in [0.5, 0.6) is 0 Å². The van der Waals surface area contributed by atoms with E-state index in [2.05, 4.69) is 15.4 Å². The van der Waals surface area contributed by atoms with Gasteiger partial charge in [0.2, 0.25) is 0 Å². The predicted molar refractivity (Wildman–Crippen MR) is 80.5 cm³/mol. The molecule has 142 valence electrons. The largest absolute Gasteiger partial charge is 0.456 e. The van der Waals surface area contributed by atoms with Gasteiger partial charge in [-0.25, -0.2) is 9.59 Å². The van der Waals surface area contributed by atoms with E-state index in [9.17, 15) is 31.5 Å². The number of alkyl halides is 5. The van der Waals surface area contributed by atoms with Crippen LogP contribution < -0.4 is 10.6 Å². The molecule has 1 aliphatic heterocycles. The van der Waals surface area contributed by atoms with Crippen LogP contribution in [0, 0.1) is 0 Å². The number of esters is 1. The lowest BCUT2D eigenvalue weighted by atomic mass is 9.95. The number of amides is 2. The smallest absolute Gasteiger partial charge is 0.455 e. The highest BCUT2D eigenvalue weighted by atomic mass is 35.5. The number of benzene rings is 1. The Labute approximate surface area is 149 Å². The molecule has 1 aliphatic rings. The van der Waals surface area contributed by atoms with Crippen LogP contribution in [-0.4, -0.2) is 30.7 Å². The lowest BCUT2D eigenvalue weighted by Crippen LogP contribution is -2.46. The Morgan fingerprint density at radius 1 is 1.19 bits per heavy atom. The molecule has 2 amide bonds. The Bertz CT molecular complexity index is 747. The second kappa shape index (κ2) is 7.10. The molecule has 0 spiro atoms. The molecule has 1 heterocycles. The minimum absolute atomic E-state index is 0.0333. The summed E-state index contributed by atoms with van der Waals surface area (Å²) in [6, 6.07) is 4.06. The summed E-state index contributed by atoms with van der Waals surface area (Å²) in [5.41, 5.74) is 0.0250. The zero-order valence-electron chi connectivity index (χ0n) is 13.1. The Balaban J connectivity index is 2.27. The molecule has 0 aliphatic carbocycles. The molecule has 2 N–H and O–H groups in total. The molecular formula is C15H12ClF5N2O3. The minimum Gasteiger partial charge on any atom is -0.455 e. The fourth-order valence-corrected chi connectivity index (χ4v) is 2.31. The highest BCUT2D eigenvalue weighted by Gasteiger charge is 2.58. The van der Waals surface area contributed by atoms with Gasteiger partial charge in [-0.2, -0.15) is 22.0 Å². The van der Waals surface area contributed by atoms with Crippen LogP contribution in [0.3, 0.4) is 0 Å². The number of rotatable bonds is 4. The van der Waals surface area contributed by atoms with Gasteiger partial charge in [0.15, 0.2) is 6.61 Å². The van der Waals surface area contributed by atoms with Crippen molar-refractivity contribution in [3.63, 3.8) is 0 Å². The number of hydrogen-bond donors (Lipinski definition) is 2. The molecule has 1 aromatic rings. The van der Waals surface area contributed by atoms with Crippen molar-refractivity contribution in [2.24, 2.45) is 0 Å². The Kier molecular flexibility index (Phi) is 5.45. The molecule has 1 aromatic carbocycles. The summed E-state index contributed by atoms with van der Waals surface area (Å²) in [5, 5.41) is 4.99. The number of nitrogens with one attached hydrogen (secondary N) is 2. The summed E-state index contributed by atoms with van der Waals surface area (Å²) < 4.78 is 66.7. The van der Waals surface area contributed by atoms with Crippen molar-refractivity contribution in [1.82, 2.24) is 10.6 Å². The van der Waals surface area contributed by atoms with Gasteiger partial charge in [-0.15, -0.1) is 0 Å². The van der Waals surface area contributed by atoms with Crippen LogP contribution >= 0.6 is 11.6 Å². The van der Waals surface area contributed by atoms with E-state index in [4.69, 9.17) is 11.6 Å². The number of halogens is 6. The second-order valence-corrected chi connectivity index (χ2v) is 5.84. The Hall–Kier alpha value is -2.36. The van der Waals surface area contributed by atoms with Crippen LogP contribution in [0.15, 0.2) is 35.5 Å². The third kappa shape index (κ3) is 4.24. The van der Waals surface area contributed by atoms with Crippen LogP contribution in [0.1, 0.15) is 18.5 Å². The van der Waals surface area contributed by atoms with E-state index in [1.165, 1.54) is 31.2 Å². The third-order valence-corrected chi connectivity index (χ3v) is 3.74. The monoisotopic (exact) mass is 398 g/mol. The average molecular weight is 399 g/mol. The zero-order valence-corrected chi connectivity index (χ0v) is 13.8. The van der Waals surface area contributed by atoms with E-state index in [1.54, 1.807) is 0 Å². The summed E-state index contributed by atoms with van der Waals surface area (Å²) in [4.78, 5) is 23.8. The number of hydrogen-bond acceptors (Lipinski definition) is 3. The quantitative estimate of drug-likeness (QED) is 0.600. The molecule has 0 unspecified atom stereocenters. The van der Waals surface area contributed by atoms with Crippen molar-refractivity contribution in [3.8, 4) is 0 Å². The van der Waals surface area contributed by atoms with Crippen molar-refractivity contribution in [2.45, 2.75) is 25.1 Å². The number of urea groups is 1. The molecule has 0 saturated carbocycles. The maximum Gasteiger partial charge on any atom is 0.456 e. The first-order chi connectivity index (χ1) is 11.9. The van der Waals surface area contributed by atoms with Gasteiger partial charge < -0.3 is 15.4 Å². The minimum atomic E-state index is -5.86. The summed E-state index contributed by atoms with van der Waals surface area (Å²) in [6.45, 7) is -0.881. The van der Waals surface area contributed by atoms with Gasteiger partial charge in [-0.1, -0.05) is 23.7 Å². The standard InChI is InChI=1S/C15H12ClF5N2O3/c1-7-10(12(24)26-6-14(17,18)15(19,20)21)11(23-13(25)22-7)8-2-4-9(16)5-3-8/h2-5,11H,6H2,1H3,(H2,22,23,25)/t11-/m1/s1. The van der Waals surface area contributed by atoms with Crippen molar-refractivity contribution >= 4 is 23.6 Å². The maximum absolute atomic E-state index is 13.0. The SMILES string of the molecule is CC1=C(C(=O)OCC(F)(F)C(F)(F)F)[C@@H](c2ccc(Cl)cc2)NC(=O)N1. The van der Waals surface area contributed by atoms with E-state index in [1.807, 2.05) is 0 Å². The van der Waals surface area contributed by atoms with Crippen molar-refractivity contribution in [2.75, 3.05) is 6.61 Å². The summed E-state index contributed by atoms with van der Waals surface area (Å²) in [7, 11) is 0. The molecule has 5 nitrogen and oxygen atoms in total. The van der Waals surface area contributed by atoms with Crippen LogP contribution in [-0.2, 0) is 9.53 Å². The van der Waals surface area contributed by atoms with Crippen molar-refractivity contribution < 1.29 is 36.3 Å².